The van der Waals surface area contributed by atoms with Crippen LogP contribution in [0.2, 0.25) is 0 Å². The third-order valence-electron chi connectivity index (χ3n) is 6.73. The van der Waals surface area contributed by atoms with Gasteiger partial charge >= 0.3 is 5.97 Å². The van der Waals surface area contributed by atoms with Crippen LogP contribution in [-0.2, 0) is 31.6 Å². The topological polar surface area (TPSA) is 74.2 Å². The normalized spacial score (nSPS) is 32.9. The Balaban J connectivity index is 1.46. The zero-order valence-electron chi connectivity index (χ0n) is 16.8. The van der Waals surface area contributed by atoms with Crippen LogP contribution in [0.3, 0.4) is 0 Å². The monoisotopic (exact) mass is 410 g/mol. The lowest BCUT2D eigenvalue weighted by Crippen LogP contribution is -2.59. The SMILES string of the molecule is O=C(O)c1ccc([C@@]23CC[C@H]4CCCC[C@@]4(OO2)[C@H](OCc2ccccc2)O3)cc1. The van der Waals surface area contributed by atoms with E-state index in [4.69, 9.17) is 19.2 Å². The van der Waals surface area contributed by atoms with Gasteiger partial charge in [-0.2, -0.15) is 4.89 Å². The largest absolute Gasteiger partial charge is 0.478 e. The Labute approximate surface area is 175 Å². The minimum absolute atomic E-state index is 0.225. The minimum Gasteiger partial charge on any atom is -0.478 e. The maximum Gasteiger partial charge on any atom is 0.335 e. The lowest BCUT2D eigenvalue weighted by Gasteiger charge is -2.50. The average Bonchev–Trinajstić information content (AvgIpc) is 3.05. The molecule has 0 unspecified atom stereocenters. The van der Waals surface area contributed by atoms with Crippen LogP contribution >= 0.6 is 0 Å². The number of carbonyl (C=O) groups is 1. The molecule has 2 bridgehead atoms. The van der Waals surface area contributed by atoms with Gasteiger partial charge in [0.1, 0.15) is 0 Å². The molecule has 6 nitrogen and oxygen atoms in total. The molecular weight excluding hydrogens is 384 g/mol. The summed E-state index contributed by atoms with van der Waals surface area (Å²) in [6.45, 7) is 0.428. The van der Waals surface area contributed by atoms with Crippen LogP contribution < -0.4 is 0 Å². The van der Waals surface area contributed by atoms with Crippen LogP contribution in [0, 0.1) is 5.92 Å². The molecule has 4 atom stereocenters. The molecule has 6 rings (SSSR count). The Bertz CT molecular complexity index is 894. The molecule has 3 aliphatic heterocycles. The lowest BCUT2D eigenvalue weighted by atomic mass is 9.73. The Morgan fingerprint density at radius 1 is 1.00 bits per heavy atom. The van der Waals surface area contributed by atoms with Crippen LogP contribution in [0.15, 0.2) is 54.6 Å². The first-order valence-corrected chi connectivity index (χ1v) is 10.7. The highest BCUT2D eigenvalue weighted by molar-refractivity contribution is 5.87. The van der Waals surface area contributed by atoms with Crippen molar-refractivity contribution in [3.8, 4) is 0 Å². The molecule has 2 aromatic rings. The third-order valence-corrected chi connectivity index (χ3v) is 6.73. The molecule has 1 spiro atoms. The van der Waals surface area contributed by atoms with E-state index in [1.54, 1.807) is 24.3 Å². The highest BCUT2D eigenvalue weighted by Gasteiger charge is 2.62. The van der Waals surface area contributed by atoms with Crippen LogP contribution in [0.5, 0.6) is 0 Å². The van der Waals surface area contributed by atoms with Crippen molar-refractivity contribution in [3.05, 3.63) is 71.3 Å². The minimum atomic E-state index is -1.10. The smallest absolute Gasteiger partial charge is 0.335 e. The number of hydrogen-bond acceptors (Lipinski definition) is 5. The number of benzene rings is 2. The van der Waals surface area contributed by atoms with Crippen molar-refractivity contribution < 1.29 is 29.1 Å². The molecule has 4 aliphatic rings. The first kappa shape index (κ1) is 19.7. The van der Waals surface area contributed by atoms with Crippen LogP contribution in [-0.4, -0.2) is 23.0 Å². The maximum absolute atomic E-state index is 11.2. The lowest BCUT2D eigenvalue weighted by molar-refractivity contribution is -0.561. The fourth-order valence-corrected chi connectivity index (χ4v) is 5.04. The second-order valence-corrected chi connectivity index (χ2v) is 8.48. The average molecular weight is 410 g/mol. The van der Waals surface area contributed by atoms with Crippen molar-refractivity contribution in [1.29, 1.82) is 0 Å². The summed E-state index contributed by atoms with van der Waals surface area (Å²) in [5.41, 5.74) is 1.44. The standard InChI is InChI=1S/C24H26O6/c25-21(26)18-9-11-20(12-10-18)24-15-13-19-8-4-5-14-23(19,29-30-24)22(28-24)27-16-17-6-2-1-3-7-17/h1-3,6-7,9-12,19,22H,4-5,8,13-16H2,(H,25,26)/t19-,22-,23+,24-/m1/s1. The number of ether oxygens (including phenoxy) is 2. The molecule has 6 heteroatoms. The van der Waals surface area contributed by atoms with E-state index in [9.17, 15) is 9.90 Å². The van der Waals surface area contributed by atoms with E-state index in [-0.39, 0.29) is 5.56 Å². The van der Waals surface area contributed by atoms with E-state index in [0.29, 0.717) is 18.9 Å². The molecule has 0 aromatic heterocycles. The molecule has 1 N–H and O–H groups in total. The van der Waals surface area contributed by atoms with Gasteiger partial charge in [-0.3, -0.25) is 0 Å². The molecule has 3 heterocycles. The summed E-state index contributed by atoms with van der Waals surface area (Å²) in [6, 6.07) is 16.7. The molecule has 4 fully saturated rings. The number of carboxylic acids is 1. The number of carboxylic acid groups (broad SMARTS) is 1. The summed E-state index contributed by atoms with van der Waals surface area (Å²) >= 11 is 0. The van der Waals surface area contributed by atoms with Crippen LogP contribution in [0.4, 0.5) is 0 Å². The summed E-state index contributed by atoms with van der Waals surface area (Å²) in [6.07, 6.45) is 5.11. The van der Waals surface area contributed by atoms with Crippen molar-refractivity contribution in [2.24, 2.45) is 5.92 Å². The molecule has 0 amide bonds. The fraction of sp³-hybridized carbons (Fsp3) is 0.458. The Morgan fingerprint density at radius 3 is 2.57 bits per heavy atom. The predicted octanol–water partition coefficient (Wildman–Crippen LogP) is 4.78. The van der Waals surface area contributed by atoms with Gasteiger partial charge in [0, 0.05) is 12.0 Å². The van der Waals surface area contributed by atoms with E-state index in [2.05, 4.69) is 0 Å². The number of fused-ring (bicyclic) bond motifs is 3. The second kappa shape index (κ2) is 7.78. The van der Waals surface area contributed by atoms with Gasteiger partial charge < -0.3 is 14.6 Å². The van der Waals surface area contributed by atoms with E-state index >= 15 is 0 Å². The van der Waals surface area contributed by atoms with Crippen LogP contribution in [0.1, 0.15) is 60.0 Å². The van der Waals surface area contributed by atoms with Crippen molar-refractivity contribution >= 4 is 5.97 Å². The molecule has 0 radical (unpaired) electrons. The highest BCUT2D eigenvalue weighted by Crippen LogP contribution is 2.55. The van der Waals surface area contributed by atoms with Crippen LogP contribution in [0.25, 0.3) is 0 Å². The molecule has 3 saturated heterocycles. The van der Waals surface area contributed by atoms with Gasteiger partial charge in [0.05, 0.1) is 12.2 Å². The van der Waals surface area contributed by atoms with Gasteiger partial charge in [-0.1, -0.05) is 55.3 Å². The Morgan fingerprint density at radius 2 is 1.80 bits per heavy atom. The second-order valence-electron chi connectivity index (χ2n) is 8.48. The first-order chi connectivity index (χ1) is 14.6. The van der Waals surface area contributed by atoms with E-state index in [1.165, 1.54) is 6.42 Å². The summed E-state index contributed by atoms with van der Waals surface area (Å²) in [5.74, 6) is -1.76. The zero-order chi connectivity index (χ0) is 20.6. The molecular formula is C24H26O6. The summed E-state index contributed by atoms with van der Waals surface area (Å²) in [4.78, 5) is 23.4. The molecule has 1 saturated carbocycles. The van der Waals surface area contributed by atoms with Gasteiger partial charge in [-0.25, -0.2) is 9.68 Å². The van der Waals surface area contributed by atoms with Gasteiger partial charge in [0.15, 0.2) is 11.9 Å². The first-order valence-electron chi connectivity index (χ1n) is 10.7. The highest BCUT2D eigenvalue weighted by atomic mass is 17.3. The van der Waals surface area contributed by atoms with E-state index in [1.807, 2.05) is 30.3 Å². The van der Waals surface area contributed by atoms with Gasteiger partial charge in [0.2, 0.25) is 5.79 Å². The number of hydrogen-bond donors (Lipinski definition) is 1. The van der Waals surface area contributed by atoms with Crippen molar-refractivity contribution in [2.45, 2.75) is 62.8 Å². The van der Waals surface area contributed by atoms with Crippen molar-refractivity contribution in [2.75, 3.05) is 0 Å². The van der Waals surface area contributed by atoms with E-state index < -0.39 is 23.6 Å². The van der Waals surface area contributed by atoms with Gasteiger partial charge in [0.25, 0.3) is 0 Å². The number of aromatic carboxylic acids is 1. The molecule has 30 heavy (non-hydrogen) atoms. The summed E-state index contributed by atoms with van der Waals surface area (Å²) in [7, 11) is 0. The predicted molar refractivity (Wildman–Crippen MR) is 107 cm³/mol. The van der Waals surface area contributed by atoms with E-state index in [0.717, 1.165) is 36.8 Å². The molecule has 2 aromatic carbocycles. The number of rotatable bonds is 5. The molecule has 158 valence electrons. The fourth-order valence-electron chi connectivity index (χ4n) is 5.04. The Hall–Kier alpha value is -2.25. The quantitative estimate of drug-likeness (QED) is 0.715. The van der Waals surface area contributed by atoms with Crippen molar-refractivity contribution in [3.63, 3.8) is 0 Å². The van der Waals surface area contributed by atoms with Crippen molar-refractivity contribution in [1.82, 2.24) is 0 Å². The summed E-state index contributed by atoms with van der Waals surface area (Å²) in [5, 5.41) is 9.21. The zero-order valence-corrected chi connectivity index (χ0v) is 16.8. The molecule has 1 aliphatic carbocycles. The van der Waals surface area contributed by atoms with Gasteiger partial charge in [-0.15, -0.1) is 0 Å². The van der Waals surface area contributed by atoms with Gasteiger partial charge in [-0.05, 0) is 42.9 Å². The summed E-state index contributed by atoms with van der Waals surface area (Å²) < 4.78 is 12.9. The maximum atomic E-state index is 11.2. The Kier molecular flexibility index (Phi) is 5.11. The third kappa shape index (κ3) is 3.34.